The molecule has 0 radical (unpaired) electrons. The van der Waals surface area contributed by atoms with E-state index in [1.54, 1.807) is 0 Å². The Balaban J connectivity index is 3.24. The molecule has 0 aromatic heterocycles. The van der Waals surface area contributed by atoms with Crippen molar-refractivity contribution in [2.45, 2.75) is 117 Å². The molecule has 0 aromatic rings. The minimum absolute atomic E-state index is 0.0903. The fourth-order valence-corrected chi connectivity index (χ4v) is 3.55. The second-order valence-corrected chi connectivity index (χ2v) is 9.51. The normalized spacial score (nSPS) is 11.2. The minimum Gasteiger partial charge on any atom is -0.466 e. The van der Waals surface area contributed by atoms with E-state index in [1.165, 1.54) is 51.4 Å². The summed E-state index contributed by atoms with van der Waals surface area (Å²) < 4.78 is 10.6. The van der Waals surface area contributed by atoms with Crippen LogP contribution in [0.25, 0.3) is 0 Å². The molecule has 6 heteroatoms. The molecule has 0 unspecified atom stereocenters. The second-order valence-electron chi connectivity index (χ2n) is 9.51. The lowest BCUT2D eigenvalue weighted by molar-refractivity contribution is -0.144. The van der Waals surface area contributed by atoms with Crippen molar-refractivity contribution in [1.29, 1.82) is 0 Å². The molecule has 0 rings (SSSR count). The van der Waals surface area contributed by atoms with E-state index in [-0.39, 0.29) is 11.9 Å². The third-order valence-electron chi connectivity index (χ3n) is 5.67. The molecule has 0 aliphatic heterocycles. The zero-order valence-electron chi connectivity index (χ0n) is 22.1. The Hall–Kier alpha value is -1.14. The lowest BCUT2D eigenvalue weighted by atomic mass is 10.1. The number of hydrogen-bond donors (Lipinski definition) is 2. The third kappa shape index (κ3) is 27.0. The number of nitrogens with one attached hydrogen (secondary N) is 2. The molecule has 0 atom stereocenters. The molecule has 0 fully saturated rings. The average molecular weight is 471 g/mol. The van der Waals surface area contributed by atoms with Crippen LogP contribution in [0.2, 0.25) is 0 Å². The van der Waals surface area contributed by atoms with E-state index in [0.29, 0.717) is 32.6 Å². The maximum Gasteiger partial charge on any atom is 0.307 e. The van der Waals surface area contributed by atoms with Crippen LogP contribution in [0.5, 0.6) is 0 Å². The van der Waals surface area contributed by atoms with E-state index < -0.39 is 0 Å². The van der Waals surface area contributed by atoms with Crippen molar-refractivity contribution in [1.82, 2.24) is 10.6 Å². The van der Waals surface area contributed by atoms with E-state index in [0.717, 1.165) is 57.7 Å². The van der Waals surface area contributed by atoms with Crippen LogP contribution < -0.4 is 10.6 Å². The fraction of sp³-hybridized carbons (Fsp3) is 0.926. The van der Waals surface area contributed by atoms with Gasteiger partial charge in [0.1, 0.15) is 0 Å². The van der Waals surface area contributed by atoms with Crippen LogP contribution in [0.15, 0.2) is 0 Å². The maximum absolute atomic E-state index is 11.7. The standard InChI is InChI=1S/C27H54N2O4/c1-4-5-6-12-19-28-21-17-26(30)32-23-13-10-8-7-9-11-14-24-33-27(31)18-22-29-20-15-16-25(2)3/h25,28-29H,4-24H2,1-3H3. The second kappa shape index (κ2) is 25.5. The van der Waals surface area contributed by atoms with Gasteiger partial charge < -0.3 is 20.1 Å². The molecular weight excluding hydrogens is 416 g/mol. The van der Waals surface area contributed by atoms with Crippen molar-refractivity contribution >= 4 is 11.9 Å². The molecule has 33 heavy (non-hydrogen) atoms. The highest BCUT2D eigenvalue weighted by molar-refractivity contribution is 5.69. The molecule has 6 nitrogen and oxygen atoms in total. The van der Waals surface area contributed by atoms with Gasteiger partial charge in [-0.05, 0) is 51.1 Å². The Morgan fingerprint density at radius 1 is 0.606 bits per heavy atom. The smallest absolute Gasteiger partial charge is 0.307 e. The van der Waals surface area contributed by atoms with Gasteiger partial charge in [-0.1, -0.05) is 72.1 Å². The first kappa shape index (κ1) is 31.9. The van der Waals surface area contributed by atoms with Gasteiger partial charge in [0.25, 0.3) is 0 Å². The summed E-state index contributed by atoms with van der Waals surface area (Å²) in [6, 6.07) is 0. The average Bonchev–Trinajstić information content (AvgIpc) is 2.79. The molecule has 0 aromatic carbocycles. The van der Waals surface area contributed by atoms with Crippen molar-refractivity contribution in [2.24, 2.45) is 5.92 Å². The van der Waals surface area contributed by atoms with Crippen LogP contribution in [0.3, 0.4) is 0 Å². The number of esters is 2. The monoisotopic (exact) mass is 470 g/mol. The largest absolute Gasteiger partial charge is 0.466 e. The van der Waals surface area contributed by atoms with Gasteiger partial charge in [-0.15, -0.1) is 0 Å². The summed E-state index contributed by atoms with van der Waals surface area (Å²) in [7, 11) is 0. The van der Waals surface area contributed by atoms with Gasteiger partial charge in [-0.25, -0.2) is 0 Å². The first-order valence-electron chi connectivity index (χ1n) is 13.8. The van der Waals surface area contributed by atoms with Crippen molar-refractivity contribution in [3.05, 3.63) is 0 Å². The van der Waals surface area contributed by atoms with Gasteiger partial charge in [0.05, 0.1) is 26.1 Å². The molecule has 0 bridgehead atoms. The van der Waals surface area contributed by atoms with E-state index in [1.807, 2.05) is 0 Å². The molecular formula is C27H54N2O4. The van der Waals surface area contributed by atoms with Crippen LogP contribution in [0.4, 0.5) is 0 Å². The number of rotatable bonds is 25. The first-order chi connectivity index (χ1) is 16.1. The number of unbranched alkanes of at least 4 members (excludes halogenated alkanes) is 9. The zero-order chi connectivity index (χ0) is 24.4. The highest BCUT2D eigenvalue weighted by Crippen LogP contribution is 2.08. The lowest BCUT2D eigenvalue weighted by Crippen LogP contribution is -2.21. The van der Waals surface area contributed by atoms with Crippen LogP contribution in [0.1, 0.15) is 117 Å². The molecule has 0 aliphatic rings. The molecule has 0 saturated carbocycles. The van der Waals surface area contributed by atoms with E-state index >= 15 is 0 Å². The van der Waals surface area contributed by atoms with Gasteiger partial charge in [0.2, 0.25) is 0 Å². The molecule has 0 spiro atoms. The predicted molar refractivity (Wildman–Crippen MR) is 137 cm³/mol. The van der Waals surface area contributed by atoms with Crippen LogP contribution in [0, 0.1) is 5.92 Å². The number of hydrogen-bond acceptors (Lipinski definition) is 6. The molecule has 0 amide bonds. The zero-order valence-corrected chi connectivity index (χ0v) is 22.1. The molecule has 2 N–H and O–H groups in total. The molecule has 0 saturated heterocycles. The summed E-state index contributed by atoms with van der Waals surface area (Å²) in [6.45, 7) is 11.1. The summed E-state index contributed by atoms with van der Waals surface area (Å²) in [6.07, 6.45) is 15.9. The van der Waals surface area contributed by atoms with Crippen molar-refractivity contribution in [3.8, 4) is 0 Å². The Bertz CT molecular complexity index is 444. The number of carbonyl (C=O) groups excluding carboxylic acids is 2. The van der Waals surface area contributed by atoms with Crippen molar-refractivity contribution in [3.63, 3.8) is 0 Å². The van der Waals surface area contributed by atoms with Gasteiger partial charge in [-0.2, -0.15) is 0 Å². The van der Waals surface area contributed by atoms with Crippen LogP contribution >= 0.6 is 0 Å². The van der Waals surface area contributed by atoms with Crippen molar-refractivity contribution < 1.29 is 19.1 Å². The topological polar surface area (TPSA) is 76.7 Å². The van der Waals surface area contributed by atoms with E-state index in [4.69, 9.17) is 9.47 Å². The Morgan fingerprint density at radius 2 is 1.06 bits per heavy atom. The minimum atomic E-state index is -0.0938. The van der Waals surface area contributed by atoms with Gasteiger partial charge in [-0.3, -0.25) is 9.59 Å². The van der Waals surface area contributed by atoms with E-state index in [9.17, 15) is 9.59 Å². The summed E-state index contributed by atoms with van der Waals surface area (Å²) >= 11 is 0. The third-order valence-corrected chi connectivity index (χ3v) is 5.67. The molecule has 0 heterocycles. The van der Waals surface area contributed by atoms with Crippen molar-refractivity contribution in [2.75, 3.05) is 39.4 Å². The van der Waals surface area contributed by atoms with Gasteiger partial charge in [0, 0.05) is 13.1 Å². The number of carbonyl (C=O) groups is 2. The van der Waals surface area contributed by atoms with Crippen LogP contribution in [-0.4, -0.2) is 51.3 Å². The number of ether oxygens (including phenoxy) is 2. The first-order valence-corrected chi connectivity index (χ1v) is 13.8. The van der Waals surface area contributed by atoms with Crippen LogP contribution in [-0.2, 0) is 19.1 Å². The SMILES string of the molecule is CCCCCCNCCC(=O)OCCCCCCCCCOC(=O)CCNCCCC(C)C. The summed E-state index contributed by atoms with van der Waals surface area (Å²) in [5.41, 5.74) is 0. The van der Waals surface area contributed by atoms with Gasteiger partial charge >= 0.3 is 11.9 Å². The quantitative estimate of drug-likeness (QED) is 0.130. The Kier molecular flexibility index (Phi) is 24.6. The highest BCUT2D eigenvalue weighted by atomic mass is 16.5. The maximum atomic E-state index is 11.7. The highest BCUT2D eigenvalue weighted by Gasteiger charge is 2.03. The predicted octanol–water partition coefficient (Wildman–Crippen LogP) is 5.78. The van der Waals surface area contributed by atoms with E-state index in [2.05, 4.69) is 31.4 Å². The molecule has 0 aliphatic carbocycles. The Morgan fingerprint density at radius 3 is 1.55 bits per heavy atom. The summed E-state index contributed by atoms with van der Waals surface area (Å²) in [5, 5.41) is 6.61. The molecule has 196 valence electrons. The fourth-order valence-electron chi connectivity index (χ4n) is 3.55. The van der Waals surface area contributed by atoms with Gasteiger partial charge in [0.15, 0.2) is 0 Å². The Labute approximate surface area is 204 Å². The summed E-state index contributed by atoms with van der Waals surface area (Å²) in [4.78, 5) is 23.4. The summed E-state index contributed by atoms with van der Waals surface area (Å²) in [5.74, 6) is 0.556. The lowest BCUT2D eigenvalue weighted by Gasteiger charge is -2.07.